The van der Waals surface area contributed by atoms with Gasteiger partial charge in [-0.3, -0.25) is 4.79 Å². The van der Waals surface area contributed by atoms with Gasteiger partial charge in [-0.15, -0.1) is 4.31 Å². The zero-order valence-corrected chi connectivity index (χ0v) is 13.9. The summed E-state index contributed by atoms with van der Waals surface area (Å²) >= 11 is -1.21. The van der Waals surface area contributed by atoms with Gasteiger partial charge in [0.15, 0.2) is 6.04 Å². The van der Waals surface area contributed by atoms with Crippen LogP contribution in [-0.2, 0) is 20.9 Å². The summed E-state index contributed by atoms with van der Waals surface area (Å²) in [5.74, 6) is -0.230. The molecule has 116 valence electrons. The second-order valence-corrected chi connectivity index (χ2v) is 8.37. The number of nitrogens with zero attached hydrogens (tertiary/aromatic N) is 1. The van der Waals surface area contributed by atoms with E-state index in [1.807, 2.05) is 51.1 Å². The standard InChI is InChI=1S/C16H23NO3S/c1-5-20-15(18)14-13(12-9-7-6-8-10-12)11-17(14)21(19)16(2,3)4/h6-10,13-14H,5,11H2,1-4H3/t13-,14+,21?/m1/s1. The molecule has 1 aromatic rings. The van der Waals surface area contributed by atoms with Crippen LogP contribution < -0.4 is 0 Å². The van der Waals surface area contributed by atoms with Gasteiger partial charge in [0.2, 0.25) is 0 Å². The van der Waals surface area contributed by atoms with Crippen molar-refractivity contribution in [3.63, 3.8) is 0 Å². The number of ether oxygens (including phenoxy) is 1. The molecule has 0 aliphatic carbocycles. The fourth-order valence-electron chi connectivity index (χ4n) is 2.49. The quantitative estimate of drug-likeness (QED) is 0.633. The lowest BCUT2D eigenvalue weighted by molar-refractivity contribution is -0.152. The van der Waals surface area contributed by atoms with Crippen molar-refractivity contribution in [3.05, 3.63) is 35.9 Å². The molecular weight excluding hydrogens is 286 g/mol. The van der Waals surface area contributed by atoms with Gasteiger partial charge in [-0.2, -0.15) is 0 Å². The van der Waals surface area contributed by atoms with Crippen LogP contribution in [0.15, 0.2) is 30.3 Å². The third kappa shape index (κ3) is 3.42. The van der Waals surface area contributed by atoms with Gasteiger partial charge in [0, 0.05) is 17.3 Å². The predicted octanol–water partition coefficient (Wildman–Crippen LogP) is 2.48. The zero-order chi connectivity index (χ0) is 15.6. The first-order valence-electron chi connectivity index (χ1n) is 7.26. The molecule has 0 amide bonds. The summed E-state index contributed by atoms with van der Waals surface area (Å²) in [6.45, 7) is 8.51. The molecule has 0 saturated carbocycles. The molecule has 1 heterocycles. The van der Waals surface area contributed by atoms with Crippen LogP contribution in [0.1, 0.15) is 39.2 Å². The minimum absolute atomic E-state index is 0.0524. The summed E-state index contributed by atoms with van der Waals surface area (Å²) < 4.78 is 19.1. The van der Waals surface area contributed by atoms with Crippen molar-refractivity contribution in [2.75, 3.05) is 13.2 Å². The Kier molecular flexibility index (Phi) is 4.96. The highest BCUT2D eigenvalue weighted by Crippen LogP contribution is 2.40. The minimum Gasteiger partial charge on any atom is -0.597 e. The molecule has 3 atom stereocenters. The molecule has 1 unspecified atom stereocenters. The summed E-state index contributed by atoms with van der Waals surface area (Å²) in [5.41, 5.74) is 1.10. The maximum atomic E-state index is 12.6. The van der Waals surface area contributed by atoms with Gasteiger partial charge in [0.25, 0.3) is 0 Å². The number of carbonyl (C=O) groups excluding carboxylic acids is 1. The third-order valence-electron chi connectivity index (χ3n) is 3.56. The van der Waals surface area contributed by atoms with E-state index in [9.17, 15) is 9.35 Å². The molecule has 0 radical (unpaired) electrons. The Hall–Kier alpha value is -1.04. The summed E-state index contributed by atoms with van der Waals surface area (Å²) in [7, 11) is 0. The molecule has 0 N–H and O–H groups in total. The highest BCUT2D eigenvalue weighted by atomic mass is 32.2. The van der Waals surface area contributed by atoms with Crippen LogP contribution in [0.2, 0.25) is 0 Å². The summed E-state index contributed by atoms with van der Waals surface area (Å²) in [6, 6.07) is 9.43. The molecule has 5 heteroatoms. The van der Waals surface area contributed by atoms with E-state index in [1.165, 1.54) is 0 Å². The fraction of sp³-hybridized carbons (Fsp3) is 0.562. The van der Waals surface area contributed by atoms with Crippen molar-refractivity contribution in [1.82, 2.24) is 4.31 Å². The minimum atomic E-state index is -1.21. The Bertz CT molecular complexity index is 486. The number of hydrogen-bond donors (Lipinski definition) is 0. The van der Waals surface area contributed by atoms with Crippen molar-refractivity contribution < 1.29 is 14.1 Å². The summed E-state index contributed by atoms with van der Waals surface area (Å²) in [6.07, 6.45) is 0. The van der Waals surface area contributed by atoms with Gasteiger partial charge in [0.05, 0.1) is 13.2 Å². The highest BCUT2D eigenvalue weighted by molar-refractivity contribution is 7.90. The van der Waals surface area contributed by atoms with Crippen molar-refractivity contribution in [2.24, 2.45) is 0 Å². The second-order valence-electron chi connectivity index (χ2n) is 6.18. The number of carbonyl (C=O) groups is 1. The van der Waals surface area contributed by atoms with E-state index in [0.717, 1.165) is 5.56 Å². The van der Waals surface area contributed by atoms with Crippen molar-refractivity contribution in [2.45, 2.75) is 44.4 Å². The lowest BCUT2D eigenvalue weighted by Gasteiger charge is -2.47. The van der Waals surface area contributed by atoms with Crippen LogP contribution in [0.5, 0.6) is 0 Å². The first-order chi connectivity index (χ1) is 9.86. The smallest absolute Gasteiger partial charge is 0.328 e. The summed E-state index contributed by atoms with van der Waals surface area (Å²) in [4.78, 5) is 12.3. The summed E-state index contributed by atoms with van der Waals surface area (Å²) in [5, 5.41) is 0. The molecule has 4 nitrogen and oxygen atoms in total. The van der Waals surface area contributed by atoms with Crippen LogP contribution in [0.25, 0.3) is 0 Å². The van der Waals surface area contributed by atoms with Crippen LogP contribution in [0.3, 0.4) is 0 Å². The average molecular weight is 309 g/mol. The molecule has 1 aliphatic heterocycles. The SMILES string of the molecule is CCOC(=O)[C@@H]1[C@@H](c2ccccc2)CN1[S+]([O-])C(C)(C)C. The predicted molar refractivity (Wildman–Crippen MR) is 84.2 cm³/mol. The van der Waals surface area contributed by atoms with E-state index >= 15 is 0 Å². The third-order valence-corrected chi connectivity index (χ3v) is 5.41. The fourth-order valence-corrected chi connectivity index (χ4v) is 3.93. The van der Waals surface area contributed by atoms with Crippen LogP contribution in [-0.4, -0.2) is 38.8 Å². The van der Waals surface area contributed by atoms with Crippen LogP contribution in [0.4, 0.5) is 0 Å². The van der Waals surface area contributed by atoms with E-state index in [-0.39, 0.29) is 16.6 Å². The van der Waals surface area contributed by atoms with Crippen molar-refractivity contribution in [1.29, 1.82) is 0 Å². The molecule has 1 fully saturated rings. The van der Waals surface area contributed by atoms with Gasteiger partial charge in [-0.05, 0) is 33.3 Å². The normalized spacial score (nSPS) is 24.2. The largest absolute Gasteiger partial charge is 0.597 e. The van der Waals surface area contributed by atoms with Crippen LogP contribution >= 0.6 is 0 Å². The molecule has 1 aromatic carbocycles. The van der Waals surface area contributed by atoms with Gasteiger partial charge in [-0.1, -0.05) is 30.3 Å². The van der Waals surface area contributed by atoms with E-state index in [0.29, 0.717) is 13.2 Å². The Morgan fingerprint density at radius 3 is 2.52 bits per heavy atom. The monoisotopic (exact) mass is 309 g/mol. The first kappa shape index (κ1) is 16.3. The molecule has 1 aliphatic rings. The maximum Gasteiger partial charge on any atom is 0.328 e. The van der Waals surface area contributed by atoms with E-state index in [1.54, 1.807) is 11.2 Å². The molecule has 0 spiro atoms. The zero-order valence-electron chi connectivity index (χ0n) is 13.0. The number of esters is 1. The number of hydrogen-bond acceptors (Lipinski definition) is 4. The van der Waals surface area contributed by atoms with Gasteiger partial charge < -0.3 is 9.29 Å². The molecule has 0 bridgehead atoms. The van der Waals surface area contributed by atoms with Crippen molar-refractivity contribution in [3.8, 4) is 0 Å². The Labute approximate surface area is 129 Å². The second kappa shape index (κ2) is 6.38. The average Bonchev–Trinajstić information content (AvgIpc) is 2.38. The Morgan fingerprint density at radius 1 is 1.38 bits per heavy atom. The van der Waals surface area contributed by atoms with Crippen molar-refractivity contribution >= 4 is 17.3 Å². The van der Waals surface area contributed by atoms with E-state index < -0.39 is 17.4 Å². The topological polar surface area (TPSA) is 52.6 Å². The Balaban J connectivity index is 2.20. The first-order valence-corrected chi connectivity index (χ1v) is 8.37. The van der Waals surface area contributed by atoms with Crippen LogP contribution in [0, 0.1) is 0 Å². The van der Waals surface area contributed by atoms with E-state index in [4.69, 9.17) is 4.74 Å². The molecule has 1 saturated heterocycles. The number of benzene rings is 1. The van der Waals surface area contributed by atoms with Gasteiger partial charge >= 0.3 is 5.97 Å². The molecular formula is C16H23NO3S. The molecule has 21 heavy (non-hydrogen) atoms. The molecule has 0 aromatic heterocycles. The Morgan fingerprint density at radius 2 is 2.00 bits per heavy atom. The highest BCUT2D eigenvalue weighted by Gasteiger charge is 2.54. The van der Waals surface area contributed by atoms with Gasteiger partial charge in [0.1, 0.15) is 4.75 Å². The maximum absolute atomic E-state index is 12.6. The lowest BCUT2D eigenvalue weighted by Crippen LogP contribution is -2.63. The van der Waals surface area contributed by atoms with E-state index in [2.05, 4.69) is 0 Å². The lowest BCUT2D eigenvalue weighted by atomic mass is 9.85. The van der Waals surface area contributed by atoms with Gasteiger partial charge in [-0.25, -0.2) is 0 Å². The number of rotatable bonds is 4. The molecule has 2 rings (SSSR count).